The zero-order chi connectivity index (χ0) is 13.3. The van der Waals surface area contributed by atoms with E-state index in [0.717, 1.165) is 0 Å². The third-order valence-corrected chi connectivity index (χ3v) is 4.30. The molecule has 0 bridgehead atoms. The number of sulfonamides is 1. The lowest BCUT2D eigenvalue weighted by molar-refractivity contribution is -0.0286. The third-order valence-electron chi connectivity index (χ3n) is 2.90. The summed E-state index contributed by atoms with van der Waals surface area (Å²) < 4.78 is 33.5. The Morgan fingerprint density at radius 2 is 2.00 bits per heavy atom. The van der Waals surface area contributed by atoms with Gasteiger partial charge >= 0.3 is 0 Å². The van der Waals surface area contributed by atoms with E-state index in [1.54, 1.807) is 41.2 Å². The van der Waals surface area contributed by atoms with Crippen LogP contribution in [0.1, 0.15) is 6.04 Å². The molecule has 1 aromatic carbocycles. The molecule has 3 rings (SSSR count). The maximum atomic E-state index is 12.1. The molecule has 1 fully saturated rings. The molecule has 100 valence electrons. The summed E-state index contributed by atoms with van der Waals surface area (Å²) in [6.07, 6.45) is 3.17. The van der Waals surface area contributed by atoms with Gasteiger partial charge in [-0.05, 0) is 12.1 Å². The van der Waals surface area contributed by atoms with Gasteiger partial charge in [0, 0.05) is 6.20 Å². The van der Waals surface area contributed by atoms with Gasteiger partial charge in [0.15, 0.2) is 0 Å². The Bertz CT molecular complexity index is 663. The van der Waals surface area contributed by atoms with Crippen molar-refractivity contribution in [3.05, 3.63) is 42.7 Å². The van der Waals surface area contributed by atoms with Crippen LogP contribution in [-0.2, 0) is 14.8 Å². The van der Waals surface area contributed by atoms with Crippen LogP contribution in [0.25, 0.3) is 0 Å². The highest BCUT2D eigenvalue weighted by atomic mass is 32.2. The summed E-state index contributed by atoms with van der Waals surface area (Å²) in [6, 6.07) is 8.44. The molecular formula is C12H13N3O3S. The first-order chi connectivity index (χ1) is 9.15. The Morgan fingerprint density at radius 3 is 2.63 bits per heavy atom. The molecule has 1 aliphatic rings. The van der Waals surface area contributed by atoms with Crippen molar-refractivity contribution in [3.63, 3.8) is 0 Å². The predicted octanol–water partition coefficient (Wildman–Crippen LogP) is 1.26. The highest BCUT2D eigenvalue weighted by Gasteiger charge is 2.22. The number of ether oxygens (including phenoxy) is 1. The van der Waals surface area contributed by atoms with E-state index in [9.17, 15) is 8.42 Å². The number of benzene rings is 1. The van der Waals surface area contributed by atoms with Crippen LogP contribution in [0.5, 0.6) is 0 Å². The average Bonchev–Trinajstić information content (AvgIpc) is 2.75. The zero-order valence-corrected chi connectivity index (χ0v) is 10.9. The van der Waals surface area contributed by atoms with Crippen LogP contribution in [0.15, 0.2) is 47.6 Å². The number of aromatic nitrogens is 2. The summed E-state index contributed by atoms with van der Waals surface area (Å²) in [4.78, 5) is 0.231. The standard InChI is InChI=1S/C12H13N3O3S/c16-19(17,12-4-2-1-3-5-12)14-10-6-13-15(7-10)11-8-18-9-11/h1-7,11,14H,8-9H2. The Morgan fingerprint density at radius 1 is 1.26 bits per heavy atom. The molecule has 2 aromatic rings. The van der Waals surface area contributed by atoms with Crippen molar-refractivity contribution in [2.75, 3.05) is 17.9 Å². The maximum Gasteiger partial charge on any atom is 0.261 e. The highest BCUT2D eigenvalue weighted by molar-refractivity contribution is 7.92. The highest BCUT2D eigenvalue weighted by Crippen LogP contribution is 2.20. The van der Waals surface area contributed by atoms with Crippen molar-refractivity contribution in [2.45, 2.75) is 10.9 Å². The van der Waals surface area contributed by atoms with Gasteiger partial charge in [0.1, 0.15) is 0 Å². The van der Waals surface area contributed by atoms with Crippen molar-refractivity contribution in [3.8, 4) is 0 Å². The first-order valence-electron chi connectivity index (χ1n) is 5.85. The summed E-state index contributed by atoms with van der Waals surface area (Å²) >= 11 is 0. The second kappa shape index (κ2) is 4.67. The van der Waals surface area contributed by atoms with Gasteiger partial charge in [-0.25, -0.2) is 8.42 Å². The van der Waals surface area contributed by atoms with Gasteiger partial charge in [-0.1, -0.05) is 18.2 Å². The molecule has 0 radical (unpaired) electrons. The summed E-state index contributed by atoms with van der Waals surface area (Å²) in [7, 11) is -3.55. The van der Waals surface area contributed by atoms with Crippen molar-refractivity contribution >= 4 is 15.7 Å². The van der Waals surface area contributed by atoms with E-state index in [2.05, 4.69) is 9.82 Å². The number of hydrogen-bond acceptors (Lipinski definition) is 4. The number of nitrogens with one attached hydrogen (secondary N) is 1. The third kappa shape index (κ3) is 2.47. The van der Waals surface area contributed by atoms with E-state index in [1.165, 1.54) is 6.20 Å². The molecule has 0 unspecified atom stereocenters. The molecular weight excluding hydrogens is 266 g/mol. The number of anilines is 1. The van der Waals surface area contributed by atoms with E-state index >= 15 is 0 Å². The summed E-state index contributed by atoms with van der Waals surface area (Å²) in [5, 5.41) is 4.13. The lowest BCUT2D eigenvalue weighted by Crippen LogP contribution is -2.30. The fourth-order valence-corrected chi connectivity index (χ4v) is 2.83. The summed E-state index contributed by atoms with van der Waals surface area (Å²) in [5.41, 5.74) is 0.454. The van der Waals surface area contributed by atoms with E-state index in [-0.39, 0.29) is 10.9 Å². The van der Waals surface area contributed by atoms with Gasteiger partial charge in [-0.15, -0.1) is 0 Å². The SMILES string of the molecule is O=S(=O)(Nc1cnn(C2COC2)c1)c1ccccc1. The predicted molar refractivity (Wildman–Crippen MR) is 69.3 cm³/mol. The topological polar surface area (TPSA) is 73.2 Å². The minimum atomic E-state index is -3.55. The quantitative estimate of drug-likeness (QED) is 0.914. The second-order valence-electron chi connectivity index (χ2n) is 4.32. The van der Waals surface area contributed by atoms with Crippen molar-refractivity contribution in [1.29, 1.82) is 0 Å². The molecule has 1 saturated heterocycles. The van der Waals surface area contributed by atoms with E-state index < -0.39 is 10.0 Å². The van der Waals surface area contributed by atoms with Gasteiger partial charge in [-0.2, -0.15) is 5.10 Å². The number of hydrogen-bond donors (Lipinski definition) is 1. The van der Waals surface area contributed by atoms with Crippen LogP contribution >= 0.6 is 0 Å². The Hall–Kier alpha value is -1.86. The molecule has 7 heteroatoms. The van der Waals surface area contributed by atoms with E-state index in [4.69, 9.17) is 4.74 Å². The molecule has 19 heavy (non-hydrogen) atoms. The lowest BCUT2D eigenvalue weighted by Gasteiger charge is -2.25. The molecule has 1 aromatic heterocycles. The molecule has 0 atom stereocenters. The molecule has 0 aliphatic carbocycles. The first kappa shape index (κ1) is 12.2. The van der Waals surface area contributed by atoms with Crippen LogP contribution in [0.3, 0.4) is 0 Å². The van der Waals surface area contributed by atoms with Crippen LogP contribution < -0.4 is 4.72 Å². The van der Waals surface area contributed by atoms with Crippen molar-refractivity contribution < 1.29 is 13.2 Å². The minimum absolute atomic E-state index is 0.204. The second-order valence-corrected chi connectivity index (χ2v) is 6.00. The molecule has 1 aliphatic heterocycles. The van der Waals surface area contributed by atoms with Crippen LogP contribution in [-0.4, -0.2) is 31.4 Å². The van der Waals surface area contributed by atoms with Gasteiger partial charge in [0.05, 0.1) is 36.0 Å². The fourth-order valence-electron chi connectivity index (χ4n) is 1.78. The Labute approximate surface area is 111 Å². The zero-order valence-electron chi connectivity index (χ0n) is 10.1. The van der Waals surface area contributed by atoms with Gasteiger partial charge in [-0.3, -0.25) is 9.40 Å². The largest absolute Gasteiger partial charge is 0.377 e. The number of nitrogens with zero attached hydrogens (tertiary/aromatic N) is 2. The first-order valence-corrected chi connectivity index (χ1v) is 7.33. The van der Waals surface area contributed by atoms with Gasteiger partial charge in [0.25, 0.3) is 10.0 Å². The van der Waals surface area contributed by atoms with Crippen LogP contribution in [0, 0.1) is 0 Å². The average molecular weight is 279 g/mol. The van der Waals surface area contributed by atoms with Crippen LogP contribution in [0.2, 0.25) is 0 Å². The molecule has 2 heterocycles. The summed E-state index contributed by atoms with van der Waals surface area (Å²) in [6.45, 7) is 1.24. The van der Waals surface area contributed by atoms with Gasteiger partial charge in [0.2, 0.25) is 0 Å². The normalized spacial score (nSPS) is 16.0. The number of rotatable bonds is 4. The molecule has 0 saturated carbocycles. The minimum Gasteiger partial charge on any atom is -0.377 e. The molecule has 0 amide bonds. The summed E-state index contributed by atoms with van der Waals surface area (Å²) in [5.74, 6) is 0. The molecule has 6 nitrogen and oxygen atoms in total. The maximum absolute atomic E-state index is 12.1. The van der Waals surface area contributed by atoms with E-state index in [0.29, 0.717) is 18.9 Å². The fraction of sp³-hybridized carbons (Fsp3) is 0.250. The Kier molecular flexibility index (Phi) is 3.00. The monoisotopic (exact) mass is 279 g/mol. The Balaban J connectivity index is 1.79. The van der Waals surface area contributed by atoms with Crippen LogP contribution in [0.4, 0.5) is 5.69 Å². The molecule has 1 N–H and O–H groups in total. The molecule has 0 spiro atoms. The van der Waals surface area contributed by atoms with Gasteiger partial charge < -0.3 is 4.74 Å². The van der Waals surface area contributed by atoms with E-state index in [1.807, 2.05) is 0 Å². The van der Waals surface area contributed by atoms with Crippen molar-refractivity contribution in [1.82, 2.24) is 9.78 Å². The smallest absolute Gasteiger partial charge is 0.261 e. The van der Waals surface area contributed by atoms with Crippen molar-refractivity contribution in [2.24, 2.45) is 0 Å². The lowest BCUT2D eigenvalue weighted by atomic mass is 10.3.